The van der Waals surface area contributed by atoms with Crippen molar-refractivity contribution in [1.29, 1.82) is 0 Å². The third-order valence-electron chi connectivity index (χ3n) is 5.25. The second kappa shape index (κ2) is 7.24. The van der Waals surface area contributed by atoms with Crippen LogP contribution < -0.4 is 5.69 Å². The topological polar surface area (TPSA) is 75.0 Å². The summed E-state index contributed by atoms with van der Waals surface area (Å²) >= 11 is 0. The van der Waals surface area contributed by atoms with E-state index in [4.69, 9.17) is 4.52 Å². The van der Waals surface area contributed by atoms with Gasteiger partial charge in [-0.15, -0.1) is 0 Å². The maximum Gasteiger partial charge on any atom is 0.329 e. The molecule has 0 spiro atoms. The summed E-state index contributed by atoms with van der Waals surface area (Å²) in [6.07, 6.45) is 0.847. The second-order valence-corrected chi connectivity index (χ2v) is 7.35. The normalized spacial score (nSPS) is 11.4. The number of para-hydroxylation sites is 2. The van der Waals surface area contributed by atoms with Gasteiger partial charge in [0.25, 0.3) is 0 Å². The number of hydrogen-bond donors (Lipinski definition) is 0. The van der Waals surface area contributed by atoms with E-state index in [0.29, 0.717) is 23.7 Å². The summed E-state index contributed by atoms with van der Waals surface area (Å²) in [4.78, 5) is 26.1. The highest BCUT2D eigenvalue weighted by Gasteiger charge is 2.21. The smallest absolute Gasteiger partial charge is 0.329 e. The van der Waals surface area contributed by atoms with Gasteiger partial charge in [-0.2, -0.15) is 0 Å². The molecule has 0 atom stereocenters. The quantitative estimate of drug-likeness (QED) is 0.468. The number of rotatable bonds is 6. The molecule has 1 aromatic carbocycles. The Balaban J connectivity index is 1.75. The molecule has 0 aliphatic heterocycles. The van der Waals surface area contributed by atoms with E-state index >= 15 is 0 Å². The van der Waals surface area contributed by atoms with Crippen molar-refractivity contribution in [3.8, 4) is 5.82 Å². The Morgan fingerprint density at radius 1 is 1.07 bits per heavy atom. The minimum atomic E-state index is -0.151. The first kappa shape index (κ1) is 19.0. The molecule has 0 saturated carbocycles. The zero-order valence-electron chi connectivity index (χ0n) is 17.1. The molecule has 4 rings (SSSR count). The standard InChI is InChI=1S/C22H24N4O3/c1-5-10-24-18-8-6-7-9-19(18)25(22(24)28)13-20(27)17-11-14(2)26(16(17)4)21-12-15(3)29-23-21/h6-9,11-12H,5,10,13H2,1-4H3. The first-order chi connectivity index (χ1) is 13.9. The number of aryl methyl sites for hydroxylation is 3. The van der Waals surface area contributed by atoms with E-state index in [2.05, 4.69) is 5.16 Å². The predicted molar refractivity (Wildman–Crippen MR) is 111 cm³/mol. The van der Waals surface area contributed by atoms with E-state index < -0.39 is 0 Å². The summed E-state index contributed by atoms with van der Waals surface area (Å²) in [5.41, 5.74) is 3.74. The summed E-state index contributed by atoms with van der Waals surface area (Å²) in [6.45, 7) is 8.29. The van der Waals surface area contributed by atoms with Crippen molar-refractivity contribution >= 4 is 16.8 Å². The van der Waals surface area contributed by atoms with Crippen LogP contribution in [0, 0.1) is 20.8 Å². The maximum absolute atomic E-state index is 13.2. The van der Waals surface area contributed by atoms with Crippen LogP contribution >= 0.6 is 0 Å². The zero-order valence-corrected chi connectivity index (χ0v) is 17.1. The van der Waals surface area contributed by atoms with Crippen LogP contribution in [0.15, 0.2) is 45.7 Å². The van der Waals surface area contributed by atoms with Crippen molar-refractivity contribution in [2.45, 2.75) is 47.2 Å². The number of aromatic nitrogens is 4. The second-order valence-electron chi connectivity index (χ2n) is 7.35. The molecular weight excluding hydrogens is 368 g/mol. The van der Waals surface area contributed by atoms with Crippen molar-refractivity contribution in [2.24, 2.45) is 0 Å². The van der Waals surface area contributed by atoms with Gasteiger partial charge in [0, 0.05) is 29.6 Å². The van der Waals surface area contributed by atoms with E-state index in [1.807, 2.05) is 68.7 Å². The molecule has 0 saturated heterocycles. The molecule has 4 aromatic rings. The molecule has 3 heterocycles. The molecule has 0 radical (unpaired) electrons. The fraction of sp³-hybridized carbons (Fsp3) is 0.318. The number of imidazole rings is 1. The molecular formula is C22H24N4O3. The predicted octanol–water partition coefficient (Wildman–Crippen LogP) is 3.80. The van der Waals surface area contributed by atoms with E-state index in [-0.39, 0.29) is 18.0 Å². The van der Waals surface area contributed by atoms with Crippen molar-refractivity contribution in [1.82, 2.24) is 18.9 Å². The SMILES string of the molecule is CCCn1c(=O)n(CC(=O)c2cc(C)n(-c3cc(C)on3)c2C)c2ccccc21. The number of ketones is 1. The van der Waals surface area contributed by atoms with Crippen molar-refractivity contribution in [3.63, 3.8) is 0 Å². The molecule has 0 unspecified atom stereocenters. The van der Waals surface area contributed by atoms with Gasteiger partial charge in [-0.25, -0.2) is 4.79 Å². The first-order valence-corrected chi connectivity index (χ1v) is 9.76. The Hall–Kier alpha value is -3.35. The molecule has 3 aromatic heterocycles. The lowest BCUT2D eigenvalue weighted by Crippen LogP contribution is -2.27. The van der Waals surface area contributed by atoms with Gasteiger partial charge in [0.05, 0.1) is 17.6 Å². The summed E-state index contributed by atoms with van der Waals surface area (Å²) in [7, 11) is 0. The van der Waals surface area contributed by atoms with Crippen LogP contribution in [0.4, 0.5) is 0 Å². The Kier molecular flexibility index (Phi) is 4.74. The van der Waals surface area contributed by atoms with Crippen LogP contribution in [0.3, 0.4) is 0 Å². The Bertz CT molecular complexity index is 1270. The maximum atomic E-state index is 13.2. The molecule has 0 aliphatic carbocycles. The first-order valence-electron chi connectivity index (χ1n) is 9.76. The van der Waals surface area contributed by atoms with Gasteiger partial charge in [-0.3, -0.25) is 18.5 Å². The number of fused-ring (bicyclic) bond motifs is 1. The van der Waals surface area contributed by atoms with Gasteiger partial charge in [0.1, 0.15) is 5.76 Å². The van der Waals surface area contributed by atoms with Crippen LogP contribution in [-0.4, -0.2) is 24.6 Å². The fourth-order valence-corrected chi connectivity index (χ4v) is 3.95. The molecule has 150 valence electrons. The van der Waals surface area contributed by atoms with E-state index in [0.717, 1.165) is 28.8 Å². The molecule has 7 nitrogen and oxygen atoms in total. The Morgan fingerprint density at radius 3 is 2.38 bits per heavy atom. The molecule has 0 amide bonds. The van der Waals surface area contributed by atoms with Gasteiger partial charge < -0.3 is 4.52 Å². The number of Topliss-reactive ketones (excluding diaryl/α,β-unsaturated/α-hetero) is 1. The lowest BCUT2D eigenvalue weighted by atomic mass is 10.1. The van der Waals surface area contributed by atoms with Gasteiger partial charge in [0.2, 0.25) is 0 Å². The average molecular weight is 392 g/mol. The molecule has 0 N–H and O–H groups in total. The van der Waals surface area contributed by atoms with Crippen LogP contribution in [-0.2, 0) is 13.1 Å². The van der Waals surface area contributed by atoms with Crippen LogP contribution in [0.1, 0.15) is 40.9 Å². The average Bonchev–Trinajstić information content (AvgIpc) is 3.32. The van der Waals surface area contributed by atoms with Crippen molar-refractivity contribution < 1.29 is 9.32 Å². The highest BCUT2D eigenvalue weighted by atomic mass is 16.5. The van der Waals surface area contributed by atoms with E-state index in [1.165, 1.54) is 0 Å². The largest absolute Gasteiger partial charge is 0.360 e. The van der Waals surface area contributed by atoms with Gasteiger partial charge in [-0.05, 0) is 45.4 Å². The van der Waals surface area contributed by atoms with Crippen LogP contribution in [0.5, 0.6) is 0 Å². The molecule has 29 heavy (non-hydrogen) atoms. The van der Waals surface area contributed by atoms with Gasteiger partial charge in [0.15, 0.2) is 11.6 Å². The van der Waals surface area contributed by atoms with Crippen LogP contribution in [0.2, 0.25) is 0 Å². The monoisotopic (exact) mass is 392 g/mol. The summed E-state index contributed by atoms with van der Waals surface area (Å²) in [6, 6.07) is 11.3. The molecule has 0 bridgehead atoms. The van der Waals surface area contributed by atoms with Gasteiger partial charge in [-0.1, -0.05) is 24.2 Å². The van der Waals surface area contributed by atoms with E-state index in [1.54, 1.807) is 9.13 Å². The van der Waals surface area contributed by atoms with Gasteiger partial charge >= 0.3 is 5.69 Å². The molecule has 0 aliphatic rings. The van der Waals surface area contributed by atoms with E-state index in [9.17, 15) is 9.59 Å². The number of carbonyl (C=O) groups excluding carboxylic acids is 1. The highest BCUT2D eigenvalue weighted by molar-refractivity contribution is 5.98. The van der Waals surface area contributed by atoms with Crippen molar-refractivity contribution in [2.75, 3.05) is 0 Å². The number of nitrogens with zero attached hydrogens (tertiary/aromatic N) is 4. The highest BCUT2D eigenvalue weighted by Crippen LogP contribution is 2.22. The Morgan fingerprint density at radius 2 is 1.76 bits per heavy atom. The Labute approximate surface area is 168 Å². The summed E-state index contributed by atoms with van der Waals surface area (Å²) in [5, 5.41) is 4.06. The number of hydrogen-bond acceptors (Lipinski definition) is 4. The fourth-order valence-electron chi connectivity index (χ4n) is 3.95. The van der Waals surface area contributed by atoms with Crippen molar-refractivity contribution in [3.05, 3.63) is 69.6 Å². The summed E-state index contributed by atoms with van der Waals surface area (Å²) < 4.78 is 10.4. The lowest BCUT2D eigenvalue weighted by Gasteiger charge is -2.06. The summed E-state index contributed by atoms with van der Waals surface area (Å²) in [5.74, 6) is 1.25. The third kappa shape index (κ3) is 3.12. The number of carbonyl (C=O) groups is 1. The number of benzene rings is 1. The van der Waals surface area contributed by atoms with Crippen LogP contribution in [0.25, 0.3) is 16.9 Å². The molecule has 7 heteroatoms. The lowest BCUT2D eigenvalue weighted by molar-refractivity contribution is 0.0971. The third-order valence-corrected chi connectivity index (χ3v) is 5.25. The minimum absolute atomic E-state index is 0.00179. The molecule has 0 fully saturated rings. The minimum Gasteiger partial charge on any atom is -0.360 e. The zero-order chi connectivity index (χ0) is 20.7.